The largest absolute Gasteiger partial charge is 0.504 e. The molecule has 0 aromatic heterocycles. The van der Waals surface area contributed by atoms with Crippen LogP contribution in [0.4, 0.5) is 0 Å². The molecule has 0 aliphatic carbocycles. The highest BCUT2D eigenvalue weighted by Gasteiger charge is 2.10. The van der Waals surface area contributed by atoms with Gasteiger partial charge in [0.15, 0.2) is 11.5 Å². The second kappa shape index (κ2) is 5.48. The smallest absolute Gasteiger partial charge is 0.308 e. The highest BCUT2D eigenvalue weighted by molar-refractivity contribution is 5.70. The summed E-state index contributed by atoms with van der Waals surface area (Å²) in [4.78, 5) is 10.7. The molecular weight excluding hydrogens is 208 g/mol. The molecule has 5 N–H and O–H groups in total. The molecule has 1 atom stereocenters. The Morgan fingerprint density at radius 1 is 1.56 bits per heavy atom. The number of aromatic hydroxyl groups is 1. The Hall–Kier alpha value is -1.59. The second-order valence-corrected chi connectivity index (χ2v) is 3.50. The van der Waals surface area contributed by atoms with Gasteiger partial charge in [0.05, 0.1) is 0 Å². The third-order valence-corrected chi connectivity index (χ3v) is 2.14. The van der Waals surface area contributed by atoms with E-state index in [1.807, 2.05) is 0 Å². The van der Waals surface area contributed by atoms with Gasteiger partial charge in [-0.25, -0.2) is 0 Å². The lowest BCUT2D eigenvalue weighted by molar-refractivity contribution is -0.132. The maximum atomic E-state index is 10.7. The lowest BCUT2D eigenvalue weighted by atomic mass is 10.0. The molecule has 0 spiro atoms. The molecule has 1 rings (SSSR count). The minimum Gasteiger partial charge on any atom is -0.504 e. The van der Waals surface area contributed by atoms with Gasteiger partial charge in [-0.3, -0.25) is 4.79 Å². The van der Waals surface area contributed by atoms with Gasteiger partial charge in [0.25, 0.3) is 0 Å². The van der Waals surface area contributed by atoms with Crippen molar-refractivity contribution in [3.05, 3.63) is 23.8 Å². The fourth-order valence-corrected chi connectivity index (χ4v) is 1.35. The quantitative estimate of drug-likeness (QED) is 0.515. The predicted octanol–water partition coefficient (Wildman–Crippen LogP) is 0.666. The van der Waals surface area contributed by atoms with Crippen LogP contribution in [0.25, 0.3) is 0 Å². The van der Waals surface area contributed by atoms with E-state index in [2.05, 4.69) is 0 Å². The first-order chi connectivity index (χ1) is 7.54. The third kappa shape index (κ3) is 3.22. The molecule has 0 bridgehead atoms. The van der Waals surface area contributed by atoms with Gasteiger partial charge < -0.3 is 21.3 Å². The van der Waals surface area contributed by atoms with Crippen molar-refractivity contribution in [1.82, 2.24) is 0 Å². The molecule has 5 heteroatoms. The van der Waals surface area contributed by atoms with Gasteiger partial charge >= 0.3 is 5.97 Å². The molecule has 88 valence electrons. The van der Waals surface area contributed by atoms with E-state index in [0.29, 0.717) is 13.0 Å². The van der Waals surface area contributed by atoms with Crippen LogP contribution in [0.5, 0.6) is 11.5 Å². The summed E-state index contributed by atoms with van der Waals surface area (Å²) in [5.74, 6) is -0.439. The highest BCUT2D eigenvalue weighted by atomic mass is 16.5. The zero-order valence-electron chi connectivity index (χ0n) is 9.14. The summed E-state index contributed by atoms with van der Waals surface area (Å²) in [5, 5.41) is 9.59. The number of ether oxygens (including phenoxy) is 1. The molecule has 0 aliphatic heterocycles. The van der Waals surface area contributed by atoms with E-state index >= 15 is 0 Å². The molecule has 16 heavy (non-hydrogen) atoms. The SMILES string of the molecule is CC(=O)Oc1ccc([C@H](N)CCN)cc1O. The molecule has 0 saturated carbocycles. The van der Waals surface area contributed by atoms with Crippen molar-refractivity contribution in [3.63, 3.8) is 0 Å². The summed E-state index contributed by atoms with van der Waals surface area (Å²) in [6, 6.07) is 4.49. The number of carbonyl (C=O) groups excluding carboxylic acids is 1. The highest BCUT2D eigenvalue weighted by Crippen LogP contribution is 2.29. The van der Waals surface area contributed by atoms with Crippen molar-refractivity contribution < 1.29 is 14.6 Å². The Labute approximate surface area is 94.0 Å². The minimum atomic E-state index is -0.477. The number of hydrogen-bond acceptors (Lipinski definition) is 5. The van der Waals surface area contributed by atoms with Gasteiger partial charge in [-0.1, -0.05) is 6.07 Å². The first-order valence-corrected chi connectivity index (χ1v) is 5.01. The third-order valence-electron chi connectivity index (χ3n) is 2.14. The van der Waals surface area contributed by atoms with E-state index < -0.39 is 5.97 Å². The Balaban J connectivity index is 2.85. The number of esters is 1. The van der Waals surface area contributed by atoms with Crippen molar-refractivity contribution in [1.29, 1.82) is 0 Å². The number of rotatable bonds is 4. The van der Waals surface area contributed by atoms with Crippen LogP contribution in [0.2, 0.25) is 0 Å². The van der Waals surface area contributed by atoms with E-state index in [9.17, 15) is 9.90 Å². The molecule has 0 saturated heterocycles. The maximum absolute atomic E-state index is 10.7. The van der Waals surface area contributed by atoms with E-state index in [-0.39, 0.29) is 17.5 Å². The van der Waals surface area contributed by atoms with Crippen LogP contribution in [-0.4, -0.2) is 17.6 Å². The number of phenols is 1. The Bertz CT molecular complexity index is 379. The van der Waals surface area contributed by atoms with Crippen LogP contribution in [-0.2, 0) is 4.79 Å². The van der Waals surface area contributed by atoms with E-state index in [0.717, 1.165) is 5.56 Å². The minimum absolute atomic E-state index is 0.0971. The lowest BCUT2D eigenvalue weighted by Gasteiger charge is -2.12. The zero-order valence-corrected chi connectivity index (χ0v) is 9.14. The fourth-order valence-electron chi connectivity index (χ4n) is 1.35. The molecule has 0 heterocycles. The molecule has 1 aromatic carbocycles. The Kier molecular flexibility index (Phi) is 4.28. The van der Waals surface area contributed by atoms with E-state index in [1.165, 1.54) is 19.1 Å². The first-order valence-electron chi connectivity index (χ1n) is 5.01. The Morgan fingerprint density at radius 3 is 2.75 bits per heavy atom. The van der Waals surface area contributed by atoms with E-state index in [1.54, 1.807) is 6.07 Å². The molecule has 5 nitrogen and oxygen atoms in total. The molecule has 0 radical (unpaired) electrons. The number of phenolic OH excluding ortho intramolecular Hbond substituents is 1. The molecule has 0 amide bonds. The van der Waals surface area contributed by atoms with Crippen molar-refractivity contribution in [3.8, 4) is 11.5 Å². The maximum Gasteiger partial charge on any atom is 0.308 e. The van der Waals surface area contributed by atoms with Crippen LogP contribution in [0.15, 0.2) is 18.2 Å². The van der Waals surface area contributed by atoms with Crippen LogP contribution < -0.4 is 16.2 Å². The summed E-state index contributed by atoms with van der Waals surface area (Å²) < 4.78 is 4.79. The van der Waals surface area contributed by atoms with Crippen molar-refractivity contribution >= 4 is 5.97 Å². The molecule has 0 fully saturated rings. The number of carbonyl (C=O) groups is 1. The van der Waals surface area contributed by atoms with Gasteiger partial charge in [-0.15, -0.1) is 0 Å². The number of hydrogen-bond donors (Lipinski definition) is 3. The average Bonchev–Trinajstić information content (AvgIpc) is 2.20. The van der Waals surface area contributed by atoms with Gasteiger partial charge in [0.2, 0.25) is 0 Å². The van der Waals surface area contributed by atoms with Crippen molar-refractivity contribution in [2.24, 2.45) is 11.5 Å². The van der Waals surface area contributed by atoms with Crippen LogP contribution in [0.1, 0.15) is 24.9 Å². The standard InChI is InChI=1S/C11H16N2O3/c1-7(14)16-11-3-2-8(6-10(11)15)9(13)4-5-12/h2-3,6,9,15H,4-5,12-13H2,1H3/t9-/m1/s1. The summed E-state index contributed by atoms with van der Waals surface area (Å²) in [7, 11) is 0. The predicted molar refractivity (Wildman–Crippen MR) is 60.0 cm³/mol. The monoisotopic (exact) mass is 224 g/mol. The van der Waals surface area contributed by atoms with Gasteiger partial charge in [0, 0.05) is 13.0 Å². The normalized spacial score (nSPS) is 12.2. The number of benzene rings is 1. The van der Waals surface area contributed by atoms with Crippen LogP contribution in [0, 0.1) is 0 Å². The molecule has 0 unspecified atom stereocenters. The summed E-state index contributed by atoms with van der Waals surface area (Å²) in [6.45, 7) is 1.75. The van der Waals surface area contributed by atoms with Gasteiger partial charge in [-0.2, -0.15) is 0 Å². The number of nitrogens with two attached hydrogens (primary N) is 2. The average molecular weight is 224 g/mol. The molecule has 0 aliphatic rings. The van der Waals surface area contributed by atoms with Crippen molar-refractivity contribution in [2.45, 2.75) is 19.4 Å². The van der Waals surface area contributed by atoms with Crippen molar-refractivity contribution in [2.75, 3.05) is 6.54 Å². The van der Waals surface area contributed by atoms with Gasteiger partial charge in [0.1, 0.15) is 0 Å². The molecular formula is C11H16N2O3. The topological polar surface area (TPSA) is 98.6 Å². The van der Waals surface area contributed by atoms with E-state index in [4.69, 9.17) is 16.2 Å². The lowest BCUT2D eigenvalue weighted by Crippen LogP contribution is -2.15. The van der Waals surface area contributed by atoms with Gasteiger partial charge in [-0.05, 0) is 30.7 Å². The fraction of sp³-hybridized carbons (Fsp3) is 0.364. The molecule has 1 aromatic rings. The zero-order chi connectivity index (χ0) is 12.1. The summed E-state index contributed by atoms with van der Waals surface area (Å²) in [6.07, 6.45) is 0.631. The van der Waals surface area contributed by atoms with Crippen LogP contribution >= 0.6 is 0 Å². The summed E-state index contributed by atoms with van der Waals surface area (Å²) in [5.41, 5.74) is 12.0. The summed E-state index contributed by atoms with van der Waals surface area (Å²) >= 11 is 0. The second-order valence-electron chi connectivity index (χ2n) is 3.50. The first kappa shape index (κ1) is 12.5. The Morgan fingerprint density at radius 2 is 2.25 bits per heavy atom. The van der Waals surface area contributed by atoms with Crippen LogP contribution in [0.3, 0.4) is 0 Å².